The third kappa shape index (κ3) is 3.88. The number of hydrogen-bond donors (Lipinski definition) is 3. The van der Waals surface area contributed by atoms with Crippen molar-refractivity contribution >= 4 is 16.8 Å². The fraction of sp³-hybridized carbons (Fsp3) is 0.444. The molecule has 7 heteroatoms. The van der Waals surface area contributed by atoms with E-state index in [0.717, 1.165) is 25.8 Å². The molecule has 1 saturated heterocycles. The van der Waals surface area contributed by atoms with Crippen molar-refractivity contribution < 1.29 is 14.3 Å². The van der Waals surface area contributed by atoms with Gasteiger partial charge in [0.2, 0.25) is 0 Å². The quantitative estimate of drug-likeness (QED) is 0.760. The predicted octanol–water partition coefficient (Wildman–Crippen LogP) is 1.24. The third-order valence-corrected chi connectivity index (χ3v) is 4.70. The van der Waals surface area contributed by atoms with Gasteiger partial charge in [-0.05, 0) is 31.5 Å². The molecule has 0 saturated carbocycles. The Morgan fingerprint density at radius 2 is 2.24 bits per heavy atom. The van der Waals surface area contributed by atoms with Gasteiger partial charge in [-0.2, -0.15) is 0 Å². The number of fused-ring (bicyclic) bond motifs is 1. The number of aliphatic hydroxyl groups is 1. The molecular weight excluding hydrogens is 325 g/mol. The van der Waals surface area contributed by atoms with Gasteiger partial charge in [-0.3, -0.25) is 14.5 Å². The zero-order valence-corrected chi connectivity index (χ0v) is 13.9. The molecule has 3 N–H and O–H groups in total. The Morgan fingerprint density at radius 3 is 3.04 bits per heavy atom. The van der Waals surface area contributed by atoms with Crippen molar-refractivity contribution in [2.45, 2.75) is 25.3 Å². The van der Waals surface area contributed by atoms with Gasteiger partial charge in [-0.15, -0.1) is 0 Å². The van der Waals surface area contributed by atoms with Crippen LogP contribution in [0.4, 0.5) is 4.39 Å². The van der Waals surface area contributed by atoms with E-state index in [1.807, 2.05) is 0 Å². The van der Waals surface area contributed by atoms with E-state index in [2.05, 4.69) is 15.2 Å². The SMILES string of the molecule is O=C(NCCN1CCCCC1CO)c1cc(=O)c2cccc(F)c2[nH]1. The first-order valence-electron chi connectivity index (χ1n) is 8.55. The highest BCUT2D eigenvalue weighted by Gasteiger charge is 2.21. The molecule has 1 aliphatic rings. The first kappa shape index (κ1) is 17.6. The van der Waals surface area contributed by atoms with E-state index in [1.54, 1.807) is 0 Å². The topological polar surface area (TPSA) is 85.4 Å². The molecule has 1 fully saturated rings. The number of nitrogens with one attached hydrogen (secondary N) is 2. The second-order valence-electron chi connectivity index (χ2n) is 6.33. The molecule has 1 aromatic carbocycles. The lowest BCUT2D eigenvalue weighted by Crippen LogP contribution is -2.45. The van der Waals surface area contributed by atoms with Crippen molar-refractivity contribution in [3.05, 3.63) is 46.0 Å². The molecule has 6 nitrogen and oxygen atoms in total. The number of aromatic nitrogens is 1. The summed E-state index contributed by atoms with van der Waals surface area (Å²) in [7, 11) is 0. The summed E-state index contributed by atoms with van der Waals surface area (Å²) < 4.78 is 13.9. The molecule has 0 bridgehead atoms. The number of para-hydroxylation sites is 1. The van der Waals surface area contributed by atoms with Gasteiger partial charge in [0.05, 0.1) is 12.1 Å². The number of hydrogen-bond acceptors (Lipinski definition) is 4. The molecule has 0 aliphatic carbocycles. The average Bonchev–Trinajstić information content (AvgIpc) is 2.62. The number of carbonyl (C=O) groups is 1. The molecule has 3 rings (SSSR count). The molecule has 134 valence electrons. The summed E-state index contributed by atoms with van der Waals surface area (Å²) >= 11 is 0. The van der Waals surface area contributed by atoms with E-state index in [9.17, 15) is 19.1 Å². The van der Waals surface area contributed by atoms with Crippen molar-refractivity contribution in [2.24, 2.45) is 0 Å². The fourth-order valence-electron chi connectivity index (χ4n) is 3.33. The number of benzene rings is 1. The Morgan fingerprint density at radius 1 is 1.40 bits per heavy atom. The fourth-order valence-corrected chi connectivity index (χ4v) is 3.33. The summed E-state index contributed by atoms with van der Waals surface area (Å²) in [5.41, 5.74) is -0.314. The van der Waals surface area contributed by atoms with Crippen LogP contribution in [0.5, 0.6) is 0 Å². The highest BCUT2D eigenvalue weighted by molar-refractivity contribution is 5.94. The van der Waals surface area contributed by atoms with Crippen LogP contribution in [0.1, 0.15) is 29.8 Å². The molecule has 1 aliphatic heterocycles. The number of pyridine rings is 1. The highest BCUT2D eigenvalue weighted by Crippen LogP contribution is 2.16. The zero-order chi connectivity index (χ0) is 17.8. The molecule has 1 unspecified atom stereocenters. The van der Waals surface area contributed by atoms with Crippen LogP contribution in [-0.4, -0.2) is 53.2 Å². The number of H-pyrrole nitrogens is 1. The van der Waals surface area contributed by atoms with Crippen LogP contribution in [0, 0.1) is 5.82 Å². The summed E-state index contributed by atoms with van der Waals surface area (Å²) in [5, 5.41) is 12.4. The van der Waals surface area contributed by atoms with E-state index < -0.39 is 17.2 Å². The largest absolute Gasteiger partial charge is 0.395 e. The zero-order valence-electron chi connectivity index (χ0n) is 13.9. The van der Waals surface area contributed by atoms with Crippen molar-refractivity contribution in [2.75, 3.05) is 26.2 Å². The van der Waals surface area contributed by atoms with Gasteiger partial charge in [0.15, 0.2) is 5.43 Å². The van der Waals surface area contributed by atoms with Gasteiger partial charge >= 0.3 is 0 Å². The average molecular weight is 347 g/mol. The summed E-state index contributed by atoms with van der Waals surface area (Å²) in [6.45, 7) is 2.04. The van der Waals surface area contributed by atoms with Crippen LogP contribution in [0.2, 0.25) is 0 Å². The molecule has 0 radical (unpaired) electrons. The van der Waals surface area contributed by atoms with Gasteiger partial charge in [-0.25, -0.2) is 4.39 Å². The van der Waals surface area contributed by atoms with Gasteiger partial charge < -0.3 is 15.4 Å². The number of rotatable bonds is 5. The Hall–Kier alpha value is -2.25. The van der Waals surface area contributed by atoms with Crippen molar-refractivity contribution in [3.8, 4) is 0 Å². The number of piperidine rings is 1. The maximum absolute atomic E-state index is 13.9. The first-order valence-corrected chi connectivity index (χ1v) is 8.55. The highest BCUT2D eigenvalue weighted by atomic mass is 19.1. The number of nitrogens with zero attached hydrogens (tertiary/aromatic N) is 1. The van der Waals surface area contributed by atoms with Crippen molar-refractivity contribution in [1.82, 2.24) is 15.2 Å². The lowest BCUT2D eigenvalue weighted by Gasteiger charge is -2.34. The van der Waals surface area contributed by atoms with Crippen LogP contribution >= 0.6 is 0 Å². The Balaban J connectivity index is 1.66. The van der Waals surface area contributed by atoms with Crippen molar-refractivity contribution in [3.63, 3.8) is 0 Å². The molecule has 25 heavy (non-hydrogen) atoms. The van der Waals surface area contributed by atoms with E-state index in [-0.39, 0.29) is 29.2 Å². The summed E-state index contributed by atoms with van der Waals surface area (Å²) in [6.07, 6.45) is 3.15. The van der Waals surface area contributed by atoms with Gasteiger partial charge in [0.1, 0.15) is 11.5 Å². The molecule has 1 amide bonds. The predicted molar refractivity (Wildman–Crippen MR) is 93.2 cm³/mol. The second kappa shape index (κ2) is 7.76. The Labute approximate surface area is 144 Å². The maximum atomic E-state index is 13.9. The minimum absolute atomic E-state index is 0.0384. The van der Waals surface area contributed by atoms with Crippen LogP contribution in [0.25, 0.3) is 10.9 Å². The summed E-state index contributed by atoms with van der Waals surface area (Å²) in [6, 6.07) is 5.55. The standard InChI is InChI=1S/C18H22FN3O3/c19-14-6-3-5-13-16(24)10-15(21-17(13)14)18(25)20-7-9-22-8-2-1-4-12(22)11-23/h3,5-6,10,12,23H,1-2,4,7-9,11H2,(H,20,25)(H,21,24). The summed E-state index contributed by atoms with van der Waals surface area (Å²) in [5.74, 6) is -1.01. The monoisotopic (exact) mass is 347 g/mol. The smallest absolute Gasteiger partial charge is 0.267 e. The number of amides is 1. The van der Waals surface area contributed by atoms with Crippen LogP contribution < -0.4 is 10.7 Å². The van der Waals surface area contributed by atoms with Gasteiger partial charge in [-0.1, -0.05) is 12.5 Å². The minimum Gasteiger partial charge on any atom is -0.395 e. The third-order valence-electron chi connectivity index (χ3n) is 4.70. The number of aliphatic hydroxyl groups excluding tert-OH is 1. The van der Waals surface area contributed by atoms with E-state index in [0.29, 0.717) is 13.1 Å². The van der Waals surface area contributed by atoms with Gasteiger partial charge in [0.25, 0.3) is 5.91 Å². The maximum Gasteiger partial charge on any atom is 0.267 e. The second-order valence-corrected chi connectivity index (χ2v) is 6.33. The van der Waals surface area contributed by atoms with Crippen LogP contribution in [-0.2, 0) is 0 Å². The van der Waals surface area contributed by atoms with E-state index in [1.165, 1.54) is 24.3 Å². The number of halogens is 1. The van der Waals surface area contributed by atoms with Gasteiger partial charge in [0, 0.05) is 30.6 Å². The Bertz CT molecular complexity index is 821. The Kier molecular flexibility index (Phi) is 5.45. The molecule has 2 aromatic rings. The molecule has 2 heterocycles. The molecule has 1 aromatic heterocycles. The summed E-state index contributed by atoms with van der Waals surface area (Å²) in [4.78, 5) is 29.2. The van der Waals surface area contributed by atoms with Crippen LogP contribution in [0.15, 0.2) is 29.1 Å². The lowest BCUT2D eigenvalue weighted by atomic mass is 10.0. The van der Waals surface area contributed by atoms with E-state index in [4.69, 9.17) is 0 Å². The van der Waals surface area contributed by atoms with Crippen molar-refractivity contribution in [1.29, 1.82) is 0 Å². The minimum atomic E-state index is -0.566. The molecule has 1 atom stereocenters. The van der Waals surface area contributed by atoms with E-state index >= 15 is 0 Å². The van der Waals surface area contributed by atoms with Crippen LogP contribution in [0.3, 0.4) is 0 Å². The molecule has 0 spiro atoms. The number of aromatic amines is 1. The normalized spacial score (nSPS) is 18.4. The molecular formula is C18H22FN3O3. The lowest BCUT2D eigenvalue weighted by molar-refractivity contribution is 0.0847. The number of likely N-dealkylation sites (tertiary alicyclic amines) is 1. The first-order chi connectivity index (χ1) is 12.1. The number of carbonyl (C=O) groups excluding carboxylic acids is 1.